The molecule has 0 bridgehead atoms. The van der Waals surface area contributed by atoms with Crippen molar-refractivity contribution in [1.29, 1.82) is 0 Å². The van der Waals surface area contributed by atoms with Gasteiger partial charge in [0.25, 0.3) is 5.95 Å². The van der Waals surface area contributed by atoms with Crippen LogP contribution in [0.15, 0.2) is 12.1 Å². The summed E-state index contributed by atoms with van der Waals surface area (Å²) in [5, 5.41) is 43.7. The van der Waals surface area contributed by atoms with Gasteiger partial charge in [0.1, 0.15) is 16.7 Å². The molecular weight excluding hydrogens is 176 g/mol. The first-order valence-electron chi connectivity index (χ1n) is 3.35. The summed E-state index contributed by atoms with van der Waals surface area (Å²) >= 11 is 0. The molecule has 5 heteroatoms. The van der Waals surface area contributed by atoms with E-state index in [0.29, 0.717) is 6.26 Å². The zero-order chi connectivity index (χ0) is 10.0. The highest BCUT2D eigenvalue weighted by molar-refractivity contribution is 5.43. The fourth-order valence-corrected chi connectivity index (χ4v) is 0.963. The average Bonchev–Trinajstić information content (AvgIpc) is 2.07. The predicted molar refractivity (Wildman–Crippen MR) is 44.8 cm³/mol. The summed E-state index contributed by atoms with van der Waals surface area (Å²) in [4.78, 5) is 0. The Hall–Kier alpha value is -2.04. The maximum atomic E-state index is 9.13. The van der Waals surface area contributed by atoms with Crippen molar-refractivity contribution in [1.82, 2.24) is 0 Å². The van der Waals surface area contributed by atoms with E-state index in [2.05, 4.69) is 0 Å². The minimum atomic E-state index is -1.17. The minimum absolute atomic E-state index is 0.250. The van der Waals surface area contributed by atoms with Gasteiger partial charge in [-0.15, -0.1) is 0 Å². The maximum absolute atomic E-state index is 9.13. The smallest absolute Gasteiger partial charge is 0.286 e. The molecule has 0 heterocycles. The summed E-state index contributed by atoms with van der Waals surface area (Å²) in [6.07, 6.45) is 0.469. The Bertz CT molecular complexity index is 431. The quantitative estimate of drug-likeness (QED) is 0.352. The lowest BCUT2D eigenvalue weighted by Gasteiger charge is -1.97. The molecule has 0 aliphatic heterocycles. The number of aliphatic hydroxyl groups excluding tert-OH is 2. The molecule has 0 radical (unpaired) electrons. The number of phenols is 2. The van der Waals surface area contributed by atoms with Crippen LogP contribution in [0.3, 0.4) is 0 Å². The summed E-state index contributed by atoms with van der Waals surface area (Å²) in [5.74, 6) is -1.98. The van der Waals surface area contributed by atoms with Crippen LogP contribution in [0.25, 0.3) is 12.2 Å². The Balaban J connectivity index is 3.88. The number of rotatable bonds is 0. The largest absolute Gasteiger partial charge is 0.515 e. The van der Waals surface area contributed by atoms with Crippen LogP contribution in [0.2, 0.25) is 0 Å². The summed E-state index contributed by atoms with van der Waals surface area (Å²) in [7, 11) is 0. The van der Waals surface area contributed by atoms with Gasteiger partial charge in [-0.2, -0.15) is 0 Å². The van der Waals surface area contributed by atoms with Crippen LogP contribution in [0, 0.1) is 0 Å². The van der Waals surface area contributed by atoms with E-state index in [4.69, 9.17) is 25.5 Å². The maximum Gasteiger partial charge on any atom is 0.286 e. The number of aliphatic hydroxyl groups is 3. The molecule has 0 aliphatic carbocycles. The molecule has 1 rings (SSSR count). The van der Waals surface area contributed by atoms with Crippen LogP contribution in [-0.4, -0.2) is 25.5 Å². The van der Waals surface area contributed by atoms with E-state index in [0.717, 1.165) is 12.1 Å². The topological polar surface area (TPSA) is 101 Å². The van der Waals surface area contributed by atoms with Gasteiger partial charge >= 0.3 is 0 Å². The van der Waals surface area contributed by atoms with E-state index >= 15 is 0 Å². The normalized spacial score (nSPS) is 11.5. The van der Waals surface area contributed by atoms with E-state index in [1.54, 1.807) is 0 Å². The lowest BCUT2D eigenvalue weighted by molar-refractivity contribution is 0.294. The zero-order valence-corrected chi connectivity index (χ0v) is 6.47. The average molecular weight is 184 g/mol. The molecule has 5 nitrogen and oxygen atoms in total. The molecule has 0 amide bonds. The highest BCUT2D eigenvalue weighted by atomic mass is 16.5. The molecule has 70 valence electrons. The molecule has 0 unspecified atom stereocenters. The van der Waals surface area contributed by atoms with Crippen LogP contribution in [0.1, 0.15) is 0 Å². The summed E-state index contributed by atoms with van der Waals surface area (Å²) in [6.45, 7) is 0. The SMILES string of the molecule is O/C=c1\c(O)ccc(O)c1=C(O)O. The van der Waals surface area contributed by atoms with Crippen molar-refractivity contribution in [3.05, 3.63) is 22.6 Å². The molecule has 0 fully saturated rings. The van der Waals surface area contributed by atoms with Gasteiger partial charge in [-0.05, 0) is 12.1 Å². The molecule has 0 atom stereocenters. The first kappa shape index (κ1) is 9.05. The molecule has 0 aromatic heterocycles. The first-order chi connectivity index (χ1) is 6.07. The minimum Gasteiger partial charge on any atom is -0.515 e. The molecule has 0 spiro atoms. The van der Waals surface area contributed by atoms with Crippen LogP contribution in [-0.2, 0) is 0 Å². The number of hydrogen-bond donors (Lipinski definition) is 5. The standard InChI is InChI=1S/C8H8O5/c9-3-4-5(10)1-2-6(11)7(4)8(12)13/h1-3,9-13H/b4-3+. The molecule has 13 heavy (non-hydrogen) atoms. The second kappa shape index (κ2) is 3.14. The van der Waals surface area contributed by atoms with Crippen LogP contribution in [0.5, 0.6) is 11.5 Å². The Labute approximate surface area is 72.8 Å². The third kappa shape index (κ3) is 1.44. The highest BCUT2D eigenvalue weighted by Gasteiger charge is 2.04. The molecule has 1 aromatic carbocycles. The Morgan fingerprint density at radius 1 is 1.08 bits per heavy atom. The molecule has 0 saturated carbocycles. The number of aromatic hydroxyl groups is 2. The van der Waals surface area contributed by atoms with Gasteiger partial charge in [-0.25, -0.2) is 0 Å². The number of benzene rings is 1. The van der Waals surface area contributed by atoms with Gasteiger partial charge in [-0.1, -0.05) is 0 Å². The lowest BCUT2D eigenvalue weighted by Crippen LogP contribution is -2.27. The van der Waals surface area contributed by atoms with E-state index in [-0.39, 0.29) is 11.0 Å². The summed E-state index contributed by atoms with van der Waals surface area (Å²) < 4.78 is 0. The van der Waals surface area contributed by atoms with Gasteiger partial charge < -0.3 is 25.5 Å². The molecule has 5 N–H and O–H groups in total. The number of hydrogen-bond acceptors (Lipinski definition) is 5. The van der Waals surface area contributed by atoms with Crippen molar-refractivity contribution in [3.63, 3.8) is 0 Å². The molecule has 0 aliphatic rings. The van der Waals surface area contributed by atoms with Crippen molar-refractivity contribution >= 4 is 12.2 Å². The summed E-state index contributed by atoms with van der Waals surface area (Å²) in [6, 6.07) is 2.19. The van der Waals surface area contributed by atoms with Crippen molar-refractivity contribution in [2.75, 3.05) is 0 Å². The third-order valence-electron chi connectivity index (χ3n) is 1.55. The fraction of sp³-hybridized carbons (Fsp3) is 0. The highest BCUT2D eigenvalue weighted by Crippen LogP contribution is 2.04. The van der Waals surface area contributed by atoms with Gasteiger partial charge in [0.2, 0.25) is 0 Å². The lowest BCUT2D eigenvalue weighted by atomic mass is 10.2. The monoisotopic (exact) mass is 184 g/mol. The number of phenolic OH excluding ortho intramolecular Hbond substituents is 2. The molecular formula is C8H8O5. The first-order valence-corrected chi connectivity index (χ1v) is 3.35. The zero-order valence-electron chi connectivity index (χ0n) is 6.47. The van der Waals surface area contributed by atoms with Crippen LogP contribution in [0.4, 0.5) is 0 Å². The predicted octanol–water partition coefficient (Wildman–Crippen LogP) is -0.424. The molecule has 0 saturated heterocycles. The Morgan fingerprint density at radius 3 is 2.00 bits per heavy atom. The van der Waals surface area contributed by atoms with Crippen molar-refractivity contribution < 1.29 is 25.5 Å². The van der Waals surface area contributed by atoms with Crippen molar-refractivity contribution in [2.45, 2.75) is 0 Å². The van der Waals surface area contributed by atoms with E-state index in [9.17, 15) is 0 Å². The molecule has 1 aromatic rings. The second-order valence-electron chi connectivity index (χ2n) is 2.35. The second-order valence-corrected chi connectivity index (χ2v) is 2.35. The Morgan fingerprint density at radius 2 is 1.62 bits per heavy atom. The van der Waals surface area contributed by atoms with E-state index in [1.807, 2.05) is 0 Å². The Kier molecular flexibility index (Phi) is 2.19. The van der Waals surface area contributed by atoms with E-state index < -0.39 is 16.9 Å². The van der Waals surface area contributed by atoms with Crippen molar-refractivity contribution in [3.8, 4) is 11.5 Å². The van der Waals surface area contributed by atoms with Gasteiger partial charge in [0.15, 0.2) is 0 Å². The van der Waals surface area contributed by atoms with Crippen LogP contribution < -0.4 is 10.4 Å². The van der Waals surface area contributed by atoms with Gasteiger partial charge in [0.05, 0.1) is 11.5 Å². The van der Waals surface area contributed by atoms with E-state index in [1.165, 1.54) is 0 Å². The van der Waals surface area contributed by atoms with Gasteiger partial charge in [-0.3, -0.25) is 0 Å². The van der Waals surface area contributed by atoms with Crippen molar-refractivity contribution in [2.24, 2.45) is 0 Å². The summed E-state index contributed by atoms with van der Waals surface area (Å²) in [5.41, 5.74) is 0. The van der Waals surface area contributed by atoms with Gasteiger partial charge in [0, 0.05) is 0 Å². The third-order valence-corrected chi connectivity index (χ3v) is 1.55. The fourth-order valence-electron chi connectivity index (χ4n) is 0.963. The van der Waals surface area contributed by atoms with Crippen LogP contribution >= 0.6 is 0 Å².